The lowest BCUT2D eigenvalue weighted by Gasteiger charge is -2.21. The Bertz CT molecular complexity index is 634. The molecular weight excluding hydrogens is 326 g/mol. The van der Waals surface area contributed by atoms with Gasteiger partial charge in [-0.15, -0.1) is 11.3 Å². The van der Waals surface area contributed by atoms with Crippen LogP contribution in [0.5, 0.6) is 0 Å². The van der Waals surface area contributed by atoms with Gasteiger partial charge in [-0.2, -0.15) is 0 Å². The van der Waals surface area contributed by atoms with Crippen molar-refractivity contribution in [1.82, 2.24) is 10.3 Å². The van der Waals surface area contributed by atoms with Crippen LogP contribution in [0, 0.1) is 0 Å². The maximum atomic E-state index is 11.9. The number of carboxylic acids is 1. The third-order valence-corrected chi connectivity index (χ3v) is 3.05. The quantitative estimate of drug-likeness (QED) is 0.541. The summed E-state index contributed by atoms with van der Waals surface area (Å²) in [7, 11) is 0. The highest BCUT2D eigenvalue weighted by atomic mass is 32.1. The average Bonchev–Trinajstić information content (AvgIpc) is 2.83. The van der Waals surface area contributed by atoms with Crippen LogP contribution in [0.1, 0.15) is 38.2 Å². The van der Waals surface area contributed by atoms with Gasteiger partial charge < -0.3 is 20.5 Å². The first kappa shape index (κ1) is 18.6. The molecule has 0 bridgehead atoms. The Labute approximate surface area is 136 Å². The van der Waals surface area contributed by atoms with E-state index in [9.17, 15) is 19.2 Å². The van der Waals surface area contributed by atoms with E-state index < -0.39 is 35.4 Å². The van der Waals surface area contributed by atoms with Crippen LogP contribution in [-0.4, -0.2) is 45.5 Å². The zero-order valence-electron chi connectivity index (χ0n) is 13.0. The molecule has 23 heavy (non-hydrogen) atoms. The summed E-state index contributed by atoms with van der Waals surface area (Å²) in [4.78, 5) is 48.9. The summed E-state index contributed by atoms with van der Waals surface area (Å²) in [5.74, 6) is -3.38. The van der Waals surface area contributed by atoms with Gasteiger partial charge in [0.2, 0.25) is 5.91 Å². The lowest BCUT2D eigenvalue weighted by atomic mass is 10.2. The van der Waals surface area contributed by atoms with Gasteiger partial charge in [0.15, 0.2) is 5.13 Å². The molecule has 0 aliphatic rings. The van der Waals surface area contributed by atoms with Crippen LogP contribution in [0.25, 0.3) is 0 Å². The summed E-state index contributed by atoms with van der Waals surface area (Å²) in [5.41, 5.74) is -0.965. The maximum Gasteiger partial charge on any atom is 0.408 e. The molecule has 2 amide bonds. The Morgan fingerprint density at radius 1 is 1.30 bits per heavy atom. The zero-order chi connectivity index (χ0) is 17.8. The number of aliphatic carboxylic acids is 1. The molecule has 10 heteroatoms. The largest absolute Gasteiger partial charge is 0.475 e. The SMILES string of the molecule is C[C@H](NC(=O)OC(C)(C)C)C(=O)Nc1nc(C(=O)C(=O)O)cs1. The van der Waals surface area contributed by atoms with E-state index in [1.165, 1.54) is 12.3 Å². The van der Waals surface area contributed by atoms with Gasteiger partial charge in [-0.05, 0) is 27.7 Å². The van der Waals surface area contributed by atoms with Crippen LogP contribution in [0.4, 0.5) is 9.93 Å². The highest BCUT2D eigenvalue weighted by molar-refractivity contribution is 7.14. The van der Waals surface area contributed by atoms with E-state index >= 15 is 0 Å². The van der Waals surface area contributed by atoms with Crippen LogP contribution in [0.3, 0.4) is 0 Å². The maximum absolute atomic E-state index is 11.9. The van der Waals surface area contributed by atoms with Crippen LogP contribution in [0.15, 0.2) is 5.38 Å². The fraction of sp³-hybridized carbons (Fsp3) is 0.462. The predicted octanol–water partition coefficient (Wildman–Crippen LogP) is 1.26. The monoisotopic (exact) mass is 343 g/mol. The minimum atomic E-state index is -1.63. The number of hydrogen-bond donors (Lipinski definition) is 3. The van der Waals surface area contributed by atoms with Gasteiger partial charge in [0.25, 0.3) is 5.78 Å². The van der Waals surface area contributed by atoms with Crippen LogP contribution in [0.2, 0.25) is 0 Å². The van der Waals surface area contributed by atoms with E-state index in [0.29, 0.717) is 0 Å². The molecule has 9 nitrogen and oxygen atoms in total. The van der Waals surface area contributed by atoms with E-state index in [1.54, 1.807) is 20.8 Å². The van der Waals surface area contributed by atoms with Crippen molar-refractivity contribution in [2.24, 2.45) is 0 Å². The second-order valence-corrected chi connectivity index (χ2v) is 6.39. The Kier molecular flexibility index (Phi) is 5.79. The van der Waals surface area contributed by atoms with E-state index in [2.05, 4.69) is 15.6 Å². The number of hydrogen-bond acceptors (Lipinski definition) is 7. The number of Topliss-reactive ketones (excluding diaryl/α,β-unsaturated/α-hetero) is 1. The number of ether oxygens (including phenoxy) is 1. The number of nitrogens with one attached hydrogen (secondary N) is 2. The van der Waals surface area contributed by atoms with Gasteiger partial charge in [-0.1, -0.05) is 0 Å². The minimum Gasteiger partial charge on any atom is -0.475 e. The molecule has 1 heterocycles. The zero-order valence-corrected chi connectivity index (χ0v) is 13.8. The van der Waals surface area contributed by atoms with Crippen LogP contribution in [-0.2, 0) is 14.3 Å². The van der Waals surface area contributed by atoms with Crippen molar-refractivity contribution < 1.29 is 29.0 Å². The number of carbonyl (C=O) groups is 4. The summed E-state index contributed by atoms with van der Waals surface area (Å²) in [6.45, 7) is 6.51. The molecule has 0 fully saturated rings. The molecule has 0 aromatic carbocycles. The van der Waals surface area contributed by atoms with Gasteiger partial charge in [0.05, 0.1) is 0 Å². The lowest BCUT2D eigenvalue weighted by molar-refractivity contribution is -0.131. The minimum absolute atomic E-state index is 0.0532. The van der Waals surface area contributed by atoms with Gasteiger partial charge >= 0.3 is 12.1 Å². The fourth-order valence-corrected chi connectivity index (χ4v) is 2.00. The molecule has 0 aliphatic carbocycles. The molecule has 1 aromatic rings. The van der Waals surface area contributed by atoms with Gasteiger partial charge in [0.1, 0.15) is 17.3 Å². The first-order chi connectivity index (χ1) is 10.5. The van der Waals surface area contributed by atoms with Crippen molar-refractivity contribution in [3.05, 3.63) is 11.1 Å². The number of aromatic nitrogens is 1. The van der Waals surface area contributed by atoms with E-state index in [4.69, 9.17) is 9.84 Å². The van der Waals surface area contributed by atoms with E-state index in [1.807, 2.05) is 0 Å². The number of anilines is 1. The van der Waals surface area contributed by atoms with E-state index in [-0.39, 0.29) is 10.8 Å². The number of ketones is 1. The summed E-state index contributed by atoms with van der Waals surface area (Å²) in [6, 6.07) is -0.910. The molecule has 1 aromatic heterocycles. The number of carbonyl (C=O) groups excluding carboxylic acids is 3. The van der Waals surface area contributed by atoms with Crippen LogP contribution >= 0.6 is 11.3 Å². The van der Waals surface area contributed by atoms with Crippen molar-refractivity contribution in [2.45, 2.75) is 39.3 Å². The summed E-state index contributed by atoms with van der Waals surface area (Å²) >= 11 is 0.899. The molecule has 1 rings (SSSR count). The van der Waals surface area contributed by atoms with Gasteiger partial charge in [-0.25, -0.2) is 14.6 Å². The molecule has 3 N–H and O–H groups in total. The summed E-state index contributed by atoms with van der Waals surface area (Å²) < 4.78 is 5.02. The number of carboxylic acid groups (broad SMARTS) is 1. The van der Waals surface area contributed by atoms with Crippen molar-refractivity contribution in [3.8, 4) is 0 Å². The van der Waals surface area contributed by atoms with Gasteiger partial charge in [0, 0.05) is 5.38 Å². The number of nitrogens with zero attached hydrogens (tertiary/aromatic N) is 1. The van der Waals surface area contributed by atoms with Crippen molar-refractivity contribution in [2.75, 3.05) is 5.32 Å². The fourth-order valence-electron chi connectivity index (χ4n) is 1.31. The second-order valence-electron chi connectivity index (χ2n) is 5.53. The molecular formula is C13H17N3O6S. The number of amides is 2. The molecule has 0 saturated carbocycles. The number of thiazole rings is 1. The molecule has 0 saturated heterocycles. The second kappa shape index (κ2) is 7.18. The Balaban J connectivity index is 2.60. The first-order valence-electron chi connectivity index (χ1n) is 6.53. The van der Waals surface area contributed by atoms with Crippen molar-refractivity contribution >= 4 is 40.2 Å². The van der Waals surface area contributed by atoms with Crippen molar-refractivity contribution in [1.29, 1.82) is 0 Å². The van der Waals surface area contributed by atoms with E-state index in [0.717, 1.165) is 11.3 Å². The summed E-state index contributed by atoms with van der Waals surface area (Å²) in [5, 5.41) is 14.6. The highest BCUT2D eigenvalue weighted by Gasteiger charge is 2.23. The molecule has 1 atom stereocenters. The smallest absolute Gasteiger partial charge is 0.408 e. The molecule has 0 unspecified atom stereocenters. The summed E-state index contributed by atoms with van der Waals surface area (Å²) in [6.07, 6.45) is -0.749. The standard InChI is InChI=1S/C13H17N3O6S/c1-6(14-12(21)22-13(2,3)4)9(18)16-11-15-7(5-23-11)8(17)10(19)20/h5-6H,1-4H3,(H,14,21)(H,19,20)(H,15,16,18)/t6-/m0/s1. The average molecular weight is 343 g/mol. The Morgan fingerprint density at radius 3 is 2.43 bits per heavy atom. The molecule has 0 spiro atoms. The van der Waals surface area contributed by atoms with Crippen molar-refractivity contribution in [3.63, 3.8) is 0 Å². The molecule has 0 radical (unpaired) electrons. The third kappa shape index (κ3) is 6.02. The topological polar surface area (TPSA) is 135 Å². The van der Waals surface area contributed by atoms with Gasteiger partial charge in [-0.3, -0.25) is 9.59 Å². The predicted molar refractivity (Wildman–Crippen MR) is 81.5 cm³/mol. The molecule has 126 valence electrons. The number of rotatable bonds is 5. The highest BCUT2D eigenvalue weighted by Crippen LogP contribution is 2.16. The normalized spacial score (nSPS) is 12.2. The number of alkyl carbamates (subject to hydrolysis) is 1. The van der Waals surface area contributed by atoms with Crippen LogP contribution < -0.4 is 10.6 Å². The first-order valence-corrected chi connectivity index (χ1v) is 7.41. The Hall–Kier alpha value is -2.49. The third-order valence-electron chi connectivity index (χ3n) is 2.29. The lowest BCUT2D eigenvalue weighted by Crippen LogP contribution is -2.43. The Morgan fingerprint density at radius 2 is 1.91 bits per heavy atom. The molecule has 0 aliphatic heterocycles.